The van der Waals surface area contributed by atoms with Crippen molar-refractivity contribution in [3.63, 3.8) is 0 Å². The van der Waals surface area contributed by atoms with Crippen molar-refractivity contribution in [1.82, 2.24) is 0 Å². The number of benzene rings is 1. The second-order valence-electron chi connectivity index (χ2n) is 4.71. The predicted molar refractivity (Wildman–Crippen MR) is 72.7 cm³/mol. The van der Waals surface area contributed by atoms with Gasteiger partial charge in [0.15, 0.2) is 0 Å². The zero-order valence-electron chi connectivity index (χ0n) is 9.86. The molecule has 0 aliphatic heterocycles. The molecular weight excluding hydrogens is 300 g/mol. The Hall–Kier alpha value is -1.14. The molecule has 0 radical (unpaired) electrons. The monoisotopic (exact) mass is 314 g/mol. The van der Waals surface area contributed by atoms with Crippen LogP contribution >= 0.6 is 15.9 Å². The maximum Gasteiger partial charge on any atom is 0.270 e. The van der Waals surface area contributed by atoms with Crippen molar-refractivity contribution in [3.8, 4) is 0 Å². The Balaban J connectivity index is 2.03. The first-order chi connectivity index (χ1) is 8.50. The number of rotatable bonds is 4. The summed E-state index contributed by atoms with van der Waals surface area (Å²) in [7, 11) is 0. The summed E-state index contributed by atoms with van der Waals surface area (Å²) in [5.41, 5.74) is 0.175. The van der Waals surface area contributed by atoms with Crippen LogP contribution in [0.25, 0.3) is 0 Å². The summed E-state index contributed by atoms with van der Waals surface area (Å²) < 4.78 is 0.637. The predicted octanol–water partition coefficient (Wildman–Crippen LogP) is 3.07. The quantitative estimate of drug-likeness (QED) is 0.661. The van der Waals surface area contributed by atoms with Gasteiger partial charge in [0, 0.05) is 28.8 Å². The normalized spacial score (nSPS) is 17.7. The molecule has 1 aliphatic carbocycles. The van der Waals surface area contributed by atoms with Gasteiger partial charge in [-0.1, -0.05) is 12.8 Å². The molecule has 1 aromatic carbocycles. The van der Waals surface area contributed by atoms with E-state index < -0.39 is 10.5 Å². The second kappa shape index (κ2) is 5.24. The molecule has 1 saturated carbocycles. The first-order valence-corrected chi connectivity index (χ1v) is 6.70. The van der Waals surface area contributed by atoms with Crippen molar-refractivity contribution in [2.45, 2.75) is 31.3 Å². The average molecular weight is 315 g/mol. The molecule has 0 unspecified atom stereocenters. The number of hydrogen-bond donors (Lipinski definition) is 2. The number of nitro benzene ring substituents is 1. The summed E-state index contributed by atoms with van der Waals surface area (Å²) in [4.78, 5) is 10.2. The van der Waals surface area contributed by atoms with E-state index in [0.717, 1.165) is 31.4 Å². The van der Waals surface area contributed by atoms with Crippen LogP contribution < -0.4 is 5.32 Å². The Labute approximate surface area is 113 Å². The van der Waals surface area contributed by atoms with Crippen molar-refractivity contribution in [3.05, 3.63) is 32.8 Å². The van der Waals surface area contributed by atoms with Gasteiger partial charge in [-0.05, 0) is 34.8 Å². The van der Waals surface area contributed by atoms with Gasteiger partial charge in [-0.3, -0.25) is 10.1 Å². The smallest absolute Gasteiger partial charge is 0.270 e. The third-order valence-electron chi connectivity index (χ3n) is 3.31. The van der Waals surface area contributed by atoms with Crippen LogP contribution in [0, 0.1) is 10.1 Å². The zero-order valence-corrected chi connectivity index (χ0v) is 11.4. The van der Waals surface area contributed by atoms with Crippen LogP contribution in [0.3, 0.4) is 0 Å². The third kappa shape index (κ3) is 3.00. The molecule has 2 rings (SSSR count). The van der Waals surface area contributed by atoms with Gasteiger partial charge in [-0.25, -0.2) is 0 Å². The van der Waals surface area contributed by atoms with E-state index in [1.165, 1.54) is 12.1 Å². The maximum absolute atomic E-state index is 10.6. The first-order valence-electron chi connectivity index (χ1n) is 5.90. The van der Waals surface area contributed by atoms with Crippen molar-refractivity contribution in [2.24, 2.45) is 0 Å². The number of aliphatic hydroxyl groups is 1. The average Bonchev–Trinajstić information content (AvgIpc) is 2.75. The van der Waals surface area contributed by atoms with E-state index in [1.54, 1.807) is 6.07 Å². The topological polar surface area (TPSA) is 75.4 Å². The summed E-state index contributed by atoms with van der Waals surface area (Å²) in [6, 6.07) is 4.56. The van der Waals surface area contributed by atoms with Crippen LogP contribution in [-0.2, 0) is 0 Å². The van der Waals surface area contributed by atoms with Crippen molar-refractivity contribution in [1.29, 1.82) is 0 Å². The van der Waals surface area contributed by atoms with E-state index in [9.17, 15) is 15.2 Å². The van der Waals surface area contributed by atoms with Gasteiger partial charge in [0.25, 0.3) is 5.69 Å². The Morgan fingerprint density at radius 3 is 2.67 bits per heavy atom. The molecular formula is C12H15BrN2O3. The van der Waals surface area contributed by atoms with Gasteiger partial charge in [0.1, 0.15) is 0 Å². The fourth-order valence-corrected chi connectivity index (χ4v) is 2.74. The molecule has 0 atom stereocenters. The molecule has 0 aromatic heterocycles. The molecule has 1 aromatic rings. The van der Waals surface area contributed by atoms with Crippen molar-refractivity contribution >= 4 is 27.3 Å². The number of nitrogens with one attached hydrogen (secondary N) is 1. The van der Waals surface area contributed by atoms with Gasteiger partial charge in [0.2, 0.25) is 0 Å². The van der Waals surface area contributed by atoms with E-state index in [-0.39, 0.29) is 5.69 Å². The van der Waals surface area contributed by atoms with Gasteiger partial charge in [-0.2, -0.15) is 0 Å². The fourth-order valence-electron chi connectivity index (χ4n) is 2.23. The van der Waals surface area contributed by atoms with E-state index in [0.29, 0.717) is 11.0 Å². The third-order valence-corrected chi connectivity index (χ3v) is 3.96. The summed E-state index contributed by atoms with van der Waals surface area (Å²) in [5.74, 6) is 0. The highest BCUT2D eigenvalue weighted by Gasteiger charge is 2.30. The van der Waals surface area contributed by atoms with Crippen LogP contribution in [0.1, 0.15) is 25.7 Å². The standard InChI is InChI=1S/C12H15BrN2O3/c13-10-7-9(15(17)18)3-4-11(10)14-8-12(16)5-1-2-6-12/h3-4,7,14,16H,1-2,5-6,8H2. The second-order valence-corrected chi connectivity index (χ2v) is 5.56. The van der Waals surface area contributed by atoms with Crippen LogP contribution in [0.15, 0.2) is 22.7 Å². The number of nitrogens with zero attached hydrogens (tertiary/aromatic N) is 1. The minimum Gasteiger partial charge on any atom is -0.388 e. The van der Waals surface area contributed by atoms with E-state index in [1.807, 2.05) is 0 Å². The lowest BCUT2D eigenvalue weighted by molar-refractivity contribution is -0.384. The van der Waals surface area contributed by atoms with Gasteiger partial charge < -0.3 is 10.4 Å². The molecule has 5 nitrogen and oxygen atoms in total. The molecule has 1 fully saturated rings. The highest BCUT2D eigenvalue weighted by molar-refractivity contribution is 9.10. The Kier molecular flexibility index (Phi) is 3.87. The SMILES string of the molecule is O=[N+]([O-])c1ccc(NCC2(O)CCCC2)c(Br)c1. The highest BCUT2D eigenvalue weighted by atomic mass is 79.9. The molecule has 0 amide bonds. The summed E-state index contributed by atoms with van der Waals surface area (Å²) in [6.07, 6.45) is 3.73. The first kappa shape index (κ1) is 13.3. The molecule has 6 heteroatoms. The van der Waals surface area contributed by atoms with Gasteiger partial charge >= 0.3 is 0 Å². The van der Waals surface area contributed by atoms with Crippen LogP contribution in [0.2, 0.25) is 0 Å². The van der Waals surface area contributed by atoms with Crippen molar-refractivity contribution < 1.29 is 10.0 Å². The molecule has 1 aliphatic rings. The Morgan fingerprint density at radius 1 is 1.44 bits per heavy atom. The number of non-ortho nitro benzene ring substituents is 1. The number of hydrogen-bond acceptors (Lipinski definition) is 4. The summed E-state index contributed by atoms with van der Waals surface area (Å²) >= 11 is 3.29. The molecule has 18 heavy (non-hydrogen) atoms. The summed E-state index contributed by atoms with van der Waals surface area (Å²) in [6.45, 7) is 0.476. The molecule has 2 N–H and O–H groups in total. The Bertz CT molecular complexity index is 459. The lowest BCUT2D eigenvalue weighted by atomic mass is 10.0. The maximum atomic E-state index is 10.6. The highest BCUT2D eigenvalue weighted by Crippen LogP contribution is 2.32. The molecule has 0 bridgehead atoms. The van der Waals surface area contributed by atoms with E-state index in [4.69, 9.17) is 0 Å². The van der Waals surface area contributed by atoms with Crippen LogP contribution in [0.4, 0.5) is 11.4 Å². The van der Waals surface area contributed by atoms with Crippen molar-refractivity contribution in [2.75, 3.05) is 11.9 Å². The number of nitro groups is 1. The fraction of sp³-hybridized carbons (Fsp3) is 0.500. The number of halogens is 1. The number of anilines is 1. The minimum atomic E-state index is -0.638. The van der Waals surface area contributed by atoms with Gasteiger partial charge in [-0.15, -0.1) is 0 Å². The van der Waals surface area contributed by atoms with E-state index >= 15 is 0 Å². The lowest BCUT2D eigenvalue weighted by Crippen LogP contribution is -2.33. The van der Waals surface area contributed by atoms with Gasteiger partial charge in [0.05, 0.1) is 10.5 Å². The Morgan fingerprint density at radius 2 is 2.11 bits per heavy atom. The molecule has 0 spiro atoms. The van der Waals surface area contributed by atoms with Crippen LogP contribution in [0.5, 0.6) is 0 Å². The molecule has 0 heterocycles. The van der Waals surface area contributed by atoms with Crippen LogP contribution in [-0.4, -0.2) is 22.2 Å². The largest absolute Gasteiger partial charge is 0.388 e. The molecule has 0 saturated heterocycles. The molecule has 98 valence electrons. The summed E-state index contributed by atoms with van der Waals surface area (Å²) in [5, 5.41) is 23.9. The zero-order chi connectivity index (χ0) is 13.2. The minimum absolute atomic E-state index is 0.0482. The lowest BCUT2D eigenvalue weighted by Gasteiger charge is -2.23. The van der Waals surface area contributed by atoms with E-state index in [2.05, 4.69) is 21.2 Å².